The molecule has 0 amide bonds. The van der Waals surface area contributed by atoms with E-state index in [1.807, 2.05) is 32.0 Å². The molecular weight excluding hydrogens is 212 g/mol. The number of nitrogens with zero attached hydrogens (tertiary/aromatic N) is 1. The Morgan fingerprint density at radius 1 is 1.35 bits per heavy atom. The largest absolute Gasteiger partial charge is 0.325 e. The predicted molar refractivity (Wildman–Crippen MR) is 74.0 cm³/mol. The van der Waals surface area contributed by atoms with E-state index in [2.05, 4.69) is 28.7 Å². The summed E-state index contributed by atoms with van der Waals surface area (Å²) >= 11 is 0. The highest BCUT2D eigenvalue weighted by Gasteiger charge is 2.03. The van der Waals surface area contributed by atoms with E-state index >= 15 is 0 Å². The molecule has 4 nitrogen and oxygen atoms in total. The van der Waals surface area contributed by atoms with E-state index in [0.29, 0.717) is 5.96 Å². The summed E-state index contributed by atoms with van der Waals surface area (Å²) in [7, 11) is 0. The van der Waals surface area contributed by atoms with Gasteiger partial charge in [-0.1, -0.05) is 31.5 Å². The Hall–Kier alpha value is -1.55. The number of hydrogen-bond acceptors (Lipinski definition) is 2. The number of hydrogen-bond donors (Lipinski definition) is 3. The van der Waals surface area contributed by atoms with E-state index in [9.17, 15) is 0 Å². The maximum absolute atomic E-state index is 5.45. The van der Waals surface area contributed by atoms with Crippen LogP contribution in [0.4, 0.5) is 5.69 Å². The first-order valence-electron chi connectivity index (χ1n) is 6.06. The zero-order valence-corrected chi connectivity index (χ0v) is 10.8. The monoisotopic (exact) mass is 234 g/mol. The fourth-order valence-electron chi connectivity index (χ4n) is 1.62. The van der Waals surface area contributed by atoms with E-state index < -0.39 is 0 Å². The zero-order chi connectivity index (χ0) is 12.7. The number of anilines is 1. The molecule has 0 heterocycles. The molecule has 0 fully saturated rings. The van der Waals surface area contributed by atoms with E-state index in [-0.39, 0.29) is 6.04 Å². The molecule has 1 aromatic rings. The van der Waals surface area contributed by atoms with Crippen molar-refractivity contribution < 1.29 is 0 Å². The first kappa shape index (κ1) is 13.5. The van der Waals surface area contributed by atoms with Crippen LogP contribution in [-0.4, -0.2) is 12.0 Å². The number of rotatable bonds is 4. The summed E-state index contributed by atoms with van der Waals surface area (Å²) in [4.78, 5) is 4.36. The number of nitrogens with one attached hydrogen (secondary N) is 2. The summed E-state index contributed by atoms with van der Waals surface area (Å²) in [5.41, 5.74) is 4.93. The van der Waals surface area contributed by atoms with Crippen LogP contribution in [0.2, 0.25) is 0 Å². The average molecular weight is 234 g/mol. The summed E-state index contributed by atoms with van der Waals surface area (Å²) in [6.45, 7) is 6.19. The third-order valence-electron chi connectivity index (χ3n) is 2.31. The first-order valence-corrected chi connectivity index (χ1v) is 6.06. The van der Waals surface area contributed by atoms with Crippen molar-refractivity contribution >= 4 is 11.6 Å². The second-order valence-corrected chi connectivity index (χ2v) is 4.25. The fourth-order valence-corrected chi connectivity index (χ4v) is 1.62. The molecule has 1 aromatic carbocycles. The van der Waals surface area contributed by atoms with Crippen LogP contribution in [0.25, 0.3) is 0 Å². The molecule has 1 rings (SSSR count). The molecule has 94 valence electrons. The Balaban J connectivity index is 2.85. The molecule has 17 heavy (non-hydrogen) atoms. The molecule has 0 radical (unpaired) electrons. The van der Waals surface area contributed by atoms with Gasteiger partial charge in [-0.3, -0.25) is 5.43 Å². The quantitative estimate of drug-likeness (QED) is 0.324. The summed E-state index contributed by atoms with van der Waals surface area (Å²) in [6, 6.07) is 8.41. The SMILES string of the molecule is CCCc1ccccc1NC(=NC(C)C)NN. The number of aliphatic imine (C=N–C) groups is 1. The molecular formula is C13H22N4. The summed E-state index contributed by atoms with van der Waals surface area (Å²) < 4.78 is 0. The van der Waals surface area contributed by atoms with Gasteiger partial charge in [0.15, 0.2) is 0 Å². The smallest absolute Gasteiger partial charge is 0.210 e. The Morgan fingerprint density at radius 2 is 2.06 bits per heavy atom. The molecule has 0 bridgehead atoms. The van der Waals surface area contributed by atoms with Crippen LogP contribution in [0, 0.1) is 0 Å². The van der Waals surface area contributed by atoms with Gasteiger partial charge in [0, 0.05) is 11.7 Å². The Labute approximate surface area is 103 Å². The standard InChI is InChI=1S/C13H22N4/c1-4-7-11-8-5-6-9-12(11)16-13(17-14)15-10(2)3/h5-6,8-10H,4,7,14H2,1-3H3,(H2,15,16,17). The lowest BCUT2D eigenvalue weighted by atomic mass is 10.1. The summed E-state index contributed by atoms with van der Waals surface area (Å²) in [5.74, 6) is 6.05. The van der Waals surface area contributed by atoms with Gasteiger partial charge in [0.2, 0.25) is 5.96 Å². The molecule has 0 aliphatic carbocycles. The number of benzene rings is 1. The van der Waals surface area contributed by atoms with E-state index in [4.69, 9.17) is 5.84 Å². The molecule has 0 saturated heterocycles. The Morgan fingerprint density at radius 3 is 2.65 bits per heavy atom. The number of aryl methyl sites for hydroxylation is 1. The second-order valence-electron chi connectivity index (χ2n) is 4.25. The average Bonchev–Trinajstić information content (AvgIpc) is 2.30. The van der Waals surface area contributed by atoms with Crippen LogP contribution in [0.3, 0.4) is 0 Å². The van der Waals surface area contributed by atoms with Gasteiger partial charge >= 0.3 is 0 Å². The molecule has 0 unspecified atom stereocenters. The van der Waals surface area contributed by atoms with E-state index in [1.165, 1.54) is 5.56 Å². The van der Waals surface area contributed by atoms with Gasteiger partial charge in [-0.2, -0.15) is 0 Å². The van der Waals surface area contributed by atoms with Crippen LogP contribution in [-0.2, 0) is 6.42 Å². The lowest BCUT2D eigenvalue weighted by molar-refractivity contribution is 0.818. The highest BCUT2D eigenvalue weighted by molar-refractivity contribution is 5.94. The van der Waals surface area contributed by atoms with Crippen LogP contribution in [0.15, 0.2) is 29.3 Å². The zero-order valence-electron chi connectivity index (χ0n) is 10.8. The Kier molecular flexibility index (Phi) is 5.49. The van der Waals surface area contributed by atoms with E-state index in [0.717, 1.165) is 18.5 Å². The van der Waals surface area contributed by atoms with Crippen molar-refractivity contribution in [3.63, 3.8) is 0 Å². The van der Waals surface area contributed by atoms with Crippen molar-refractivity contribution in [2.24, 2.45) is 10.8 Å². The maximum atomic E-state index is 5.45. The lowest BCUT2D eigenvalue weighted by Gasteiger charge is -2.13. The van der Waals surface area contributed by atoms with Crippen molar-refractivity contribution in [1.29, 1.82) is 0 Å². The maximum Gasteiger partial charge on any atom is 0.210 e. The van der Waals surface area contributed by atoms with Crippen molar-refractivity contribution in [3.8, 4) is 0 Å². The van der Waals surface area contributed by atoms with Gasteiger partial charge in [0.1, 0.15) is 0 Å². The molecule has 0 aromatic heterocycles. The third kappa shape index (κ3) is 4.44. The molecule has 0 saturated carbocycles. The predicted octanol–water partition coefficient (Wildman–Crippen LogP) is 2.28. The minimum absolute atomic E-state index is 0.201. The van der Waals surface area contributed by atoms with Gasteiger partial charge in [-0.05, 0) is 31.9 Å². The van der Waals surface area contributed by atoms with E-state index in [1.54, 1.807) is 0 Å². The number of nitrogens with two attached hydrogens (primary N) is 1. The fraction of sp³-hybridized carbons (Fsp3) is 0.462. The molecule has 0 aliphatic heterocycles. The molecule has 4 N–H and O–H groups in total. The summed E-state index contributed by atoms with van der Waals surface area (Å²) in [6.07, 6.45) is 2.16. The minimum Gasteiger partial charge on any atom is -0.325 e. The van der Waals surface area contributed by atoms with Crippen LogP contribution >= 0.6 is 0 Å². The highest BCUT2D eigenvalue weighted by Crippen LogP contribution is 2.16. The topological polar surface area (TPSA) is 62.4 Å². The number of hydrazine groups is 1. The van der Waals surface area contributed by atoms with Crippen molar-refractivity contribution in [2.75, 3.05) is 5.32 Å². The molecule has 0 spiro atoms. The third-order valence-corrected chi connectivity index (χ3v) is 2.31. The highest BCUT2D eigenvalue weighted by atomic mass is 15.3. The van der Waals surface area contributed by atoms with Gasteiger partial charge in [-0.15, -0.1) is 0 Å². The van der Waals surface area contributed by atoms with Crippen molar-refractivity contribution in [2.45, 2.75) is 39.7 Å². The minimum atomic E-state index is 0.201. The van der Waals surface area contributed by atoms with Gasteiger partial charge in [0.05, 0.1) is 0 Å². The Bertz CT molecular complexity index is 371. The van der Waals surface area contributed by atoms with Crippen molar-refractivity contribution in [1.82, 2.24) is 5.43 Å². The molecule has 4 heteroatoms. The van der Waals surface area contributed by atoms with Crippen LogP contribution < -0.4 is 16.6 Å². The van der Waals surface area contributed by atoms with Gasteiger partial charge < -0.3 is 5.32 Å². The van der Waals surface area contributed by atoms with Crippen LogP contribution in [0.1, 0.15) is 32.8 Å². The second kappa shape index (κ2) is 6.91. The van der Waals surface area contributed by atoms with Crippen molar-refractivity contribution in [3.05, 3.63) is 29.8 Å². The first-order chi connectivity index (χ1) is 8.17. The van der Waals surface area contributed by atoms with Gasteiger partial charge in [0.25, 0.3) is 0 Å². The van der Waals surface area contributed by atoms with Crippen LogP contribution in [0.5, 0.6) is 0 Å². The van der Waals surface area contributed by atoms with Gasteiger partial charge in [-0.25, -0.2) is 10.8 Å². The number of para-hydroxylation sites is 1. The molecule has 0 aliphatic rings. The molecule has 0 atom stereocenters. The lowest BCUT2D eigenvalue weighted by Crippen LogP contribution is -2.37. The number of guanidine groups is 1. The normalized spacial score (nSPS) is 11.7. The summed E-state index contributed by atoms with van der Waals surface area (Å²) in [5, 5.41) is 3.23.